The third kappa shape index (κ3) is 1.65. The molecule has 0 spiro atoms. The first kappa shape index (κ1) is 10.2. The van der Waals surface area contributed by atoms with Gasteiger partial charge in [-0.05, 0) is 25.8 Å². The quantitative estimate of drug-likeness (QED) is 0.722. The summed E-state index contributed by atoms with van der Waals surface area (Å²) in [4.78, 5) is 11.7. The molecule has 1 aliphatic rings. The number of nitrogens with zero attached hydrogens (tertiary/aromatic N) is 1. The molecule has 0 radical (unpaired) electrons. The highest BCUT2D eigenvalue weighted by Crippen LogP contribution is 2.25. The molecule has 0 amide bonds. The Labute approximate surface area is 89.1 Å². The van der Waals surface area contributed by atoms with Crippen molar-refractivity contribution in [3.63, 3.8) is 0 Å². The topological polar surface area (TPSA) is 60.0 Å². The average molecular weight is 207 g/mol. The summed E-state index contributed by atoms with van der Waals surface area (Å²) in [7, 11) is 0. The van der Waals surface area contributed by atoms with Crippen LogP contribution in [0.5, 0.6) is 0 Å². The molecule has 1 aromatic heterocycles. The fraction of sp³-hybridized carbons (Fsp3) is 0.545. The van der Waals surface area contributed by atoms with Crippen molar-refractivity contribution in [2.75, 3.05) is 11.9 Å². The van der Waals surface area contributed by atoms with E-state index >= 15 is 0 Å². The van der Waals surface area contributed by atoms with Crippen LogP contribution >= 0.6 is 0 Å². The van der Waals surface area contributed by atoms with Gasteiger partial charge in [0, 0.05) is 30.8 Å². The van der Waals surface area contributed by atoms with E-state index in [9.17, 15) is 4.79 Å². The second-order valence-electron chi connectivity index (χ2n) is 4.15. The molecular weight excluding hydrogens is 190 g/mol. The highest BCUT2D eigenvalue weighted by atomic mass is 16.1. The van der Waals surface area contributed by atoms with Crippen molar-refractivity contribution in [1.82, 2.24) is 4.57 Å². The Morgan fingerprint density at radius 2 is 2.33 bits per heavy atom. The molecule has 0 aliphatic carbocycles. The molecule has 1 unspecified atom stereocenters. The lowest BCUT2D eigenvalue weighted by Crippen LogP contribution is -2.31. The smallest absolute Gasteiger partial charge is 0.252 e. The summed E-state index contributed by atoms with van der Waals surface area (Å²) in [6.45, 7) is 5.60. The minimum atomic E-state index is -0.0440. The standard InChI is InChI=1S/C11H17N3O/c1-7-6-9(15)14-5-3-4-13-11(14)10(7)8(2)12/h6,8,13H,3-5,12H2,1-2H3. The number of nitrogens with two attached hydrogens (primary N) is 1. The monoisotopic (exact) mass is 207 g/mol. The minimum absolute atomic E-state index is 0.0440. The molecule has 82 valence electrons. The Kier molecular flexibility index (Phi) is 2.52. The first-order valence-electron chi connectivity index (χ1n) is 5.35. The van der Waals surface area contributed by atoms with Gasteiger partial charge in [-0.15, -0.1) is 0 Å². The Balaban J connectivity index is 2.69. The molecule has 1 atom stereocenters. The molecule has 4 nitrogen and oxygen atoms in total. The van der Waals surface area contributed by atoms with Crippen LogP contribution in [0.3, 0.4) is 0 Å². The van der Waals surface area contributed by atoms with Gasteiger partial charge >= 0.3 is 0 Å². The molecule has 2 heterocycles. The van der Waals surface area contributed by atoms with Crippen molar-refractivity contribution in [3.8, 4) is 0 Å². The van der Waals surface area contributed by atoms with Crippen molar-refractivity contribution < 1.29 is 0 Å². The van der Waals surface area contributed by atoms with Crippen molar-refractivity contribution in [2.45, 2.75) is 32.9 Å². The van der Waals surface area contributed by atoms with Gasteiger partial charge in [-0.25, -0.2) is 0 Å². The molecule has 0 fully saturated rings. The van der Waals surface area contributed by atoms with Crippen LogP contribution in [0.2, 0.25) is 0 Å². The van der Waals surface area contributed by atoms with Gasteiger partial charge in [-0.3, -0.25) is 9.36 Å². The van der Waals surface area contributed by atoms with E-state index in [0.717, 1.165) is 36.5 Å². The number of anilines is 1. The maximum absolute atomic E-state index is 11.7. The van der Waals surface area contributed by atoms with Crippen LogP contribution in [-0.4, -0.2) is 11.1 Å². The van der Waals surface area contributed by atoms with E-state index < -0.39 is 0 Å². The summed E-state index contributed by atoms with van der Waals surface area (Å²) >= 11 is 0. The maximum atomic E-state index is 11.7. The van der Waals surface area contributed by atoms with E-state index in [4.69, 9.17) is 5.73 Å². The third-order valence-corrected chi connectivity index (χ3v) is 2.86. The van der Waals surface area contributed by atoms with Crippen molar-refractivity contribution in [2.24, 2.45) is 5.73 Å². The summed E-state index contributed by atoms with van der Waals surface area (Å²) in [5.74, 6) is 0.918. The first-order valence-corrected chi connectivity index (χ1v) is 5.35. The zero-order chi connectivity index (χ0) is 11.0. The molecule has 1 aromatic rings. The molecule has 0 bridgehead atoms. The zero-order valence-corrected chi connectivity index (χ0v) is 9.21. The summed E-state index contributed by atoms with van der Waals surface area (Å²) in [5.41, 5.74) is 8.05. The van der Waals surface area contributed by atoms with Crippen molar-refractivity contribution >= 4 is 5.82 Å². The van der Waals surface area contributed by atoms with Gasteiger partial charge in [0.05, 0.1) is 0 Å². The Bertz CT molecular complexity index is 434. The van der Waals surface area contributed by atoms with Gasteiger partial charge < -0.3 is 11.1 Å². The first-order chi connectivity index (χ1) is 7.11. The average Bonchev–Trinajstić information content (AvgIpc) is 2.17. The fourth-order valence-electron chi connectivity index (χ4n) is 2.21. The van der Waals surface area contributed by atoms with Gasteiger partial charge in [0.15, 0.2) is 0 Å². The lowest BCUT2D eigenvalue weighted by Gasteiger charge is -2.25. The van der Waals surface area contributed by atoms with Gasteiger partial charge in [0.25, 0.3) is 5.56 Å². The highest BCUT2D eigenvalue weighted by Gasteiger charge is 2.18. The second-order valence-corrected chi connectivity index (χ2v) is 4.15. The van der Waals surface area contributed by atoms with E-state index in [1.165, 1.54) is 0 Å². The number of hydrogen-bond donors (Lipinski definition) is 2. The molecule has 0 saturated carbocycles. The number of aryl methyl sites for hydroxylation is 1. The van der Waals surface area contributed by atoms with Crippen LogP contribution in [-0.2, 0) is 6.54 Å². The third-order valence-electron chi connectivity index (χ3n) is 2.86. The molecule has 15 heavy (non-hydrogen) atoms. The summed E-state index contributed by atoms with van der Waals surface area (Å²) in [6, 6.07) is 1.63. The van der Waals surface area contributed by atoms with Gasteiger partial charge in [0.2, 0.25) is 0 Å². The Morgan fingerprint density at radius 1 is 1.60 bits per heavy atom. The fourth-order valence-corrected chi connectivity index (χ4v) is 2.21. The predicted octanol–water partition coefficient (Wildman–Crippen LogP) is 0.992. The summed E-state index contributed by atoms with van der Waals surface area (Å²) < 4.78 is 1.79. The molecule has 0 saturated heterocycles. The van der Waals surface area contributed by atoms with Crippen molar-refractivity contribution in [1.29, 1.82) is 0 Å². The molecule has 2 rings (SSSR count). The summed E-state index contributed by atoms with van der Waals surface area (Å²) in [6.07, 6.45) is 0.994. The lowest BCUT2D eigenvalue weighted by atomic mass is 10.0. The van der Waals surface area contributed by atoms with Gasteiger partial charge in [0.1, 0.15) is 5.82 Å². The number of fused-ring (bicyclic) bond motifs is 1. The molecule has 0 aromatic carbocycles. The van der Waals surface area contributed by atoms with E-state index in [1.807, 2.05) is 13.8 Å². The van der Waals surface area contributed by atoms with E-state index in [2.05, 4.69) is 5.32 Å². The second kappa shape index (κ2) is 3.70. The van der Waals surface area contributed by atoms with Gasteiger partial charge in [-0.1, -0.05) is 0 Å². The van der Waals surface area contributed by atoms with E-state index in [1.54, 1.807) is 10.6 Å². The van der Waals surface area contributed by atoms with Gasteiger partial charge in [-0.2, -0.15) is 0 Å². The lowest BCUT2D eigenvalue weighted by molar-refractivity contribution is 0.597. The number of aromatic nitrogens is 1. The number of rotatable bonds is 1. The van der Waals surface area contributed by atoms with Crippen LogP contribution in [0.25, 0.3) is 0 Å². The number of pyridine rings is 1. The number of hydrogen-bond acceptors (Lipinski definition) is 3. The maximum Gasteiger partial charge on any atom is 0.252 e. The SMILES string of the molecule is Cc1cc(=O)n2c(c1C(C)N)NCCC2. The Hall–Kier alpha value is -1.29. The predicted molar refractivity (Wildman–Crippen MR) is 61.1 cm³/mol. The van der Waals surface area contributed by atoms with Crippen molar-refractivity contribution in [3.05, 3.63) is 27.5 Å². The number of nitrogens with one attached hydrogen (secondary N) is 1. The largest absolute Gasteiger partial charge is 0.371 e. The van der Waals surface area contributed by atoms with Crippen LogP contribution in [0.1, 0.15) is 30.5 Å². The zero-order valence-electron chi connectivity index (χ0n) is 9.21. The van der Waals surface area contributed by atoms with Crippen LogP contribution in [0, 0.1) is 6.92 Å². The molecular formula is C11H17N3O. The molecule has 3 N–H and O–H groups in total. The van der Waals surface area contributed by atoms with Crippen LogP contribution in [0.15, 0.2) is 10.9 Å². The van der Waals surface area contributed by atoms with E-state index in [0.29, 0.717) is 0 Å². The van der Waals surface area contributed by atoms with Crippen LogP contribution in [0.4, 0.5) is 5.82 Å². The normalized spacial score (nSPS) is 16.7. The minimum Gasteiger partial charge on any atom is -0.371 e. The van der Waals surface area contributed by atoms with E-state index in [-0.39, 0.29) is 11.6 Å². The summed E-state index contributed by atoms with van der Waals surface area (Å²) in [5, 5.41) is 3.28. The van der Waals surface area contributed by atoms with Crippen LogP contribution < -0.4 is 16.6 Å². The molecule has 1 aliphatic heterocycles. The molecule has 4 heteroatoms. The highest BCUT2D eigenvalue weighted by molar-refractivity contribution is 5.51. The Morgan fingerprint density at radius 3 is 3.00 bits per heavy atom.